The molecule has 0 unspecified atom stereocenters. The van der Waals surface area contributed by atoms with E-state index < -0.39 is 23.6 Å². The lowest BCUT2D eigenvalue weighted by atomic mass is 10.2. The van der Waals surface area contributed by atoms with Gasteiger partial charge in [-0.2, -0.15) is 18.3 Å². The average molecular weight is 441 g/mol. The van der Waals surface area contributed by atoms with Gasteiger partial charge in [0, 0.05) is 5.69 Å². The molecule has 9 heteroatoms. The van der Waals surface area contributed by atoms with E-state index in [0.29, 0.717) is 17.9 Å². The lowest BCUT2D eigenvalue weighted by Gasteiger charge is -2.09. The fourth-order valence-corrected chi connectivity index (χ4v) is 2.57. The molecule has 0 aliphatic rings. The third kappa shape index (κ3) is 6.69. The van der Waals surface area contributed by atoms with Crippen molar-refractivity contribution in [2.24, 2.45) is 5.10 Å². The van der Waals surface area contributed by atoms with Crippen LogP contribution in [0.5, 0.6) is 5.75 Å². The van der Waals surface area contributed by atoms with Gasteiger partial charge in [0.15, 0.2) is 0 Å². The molecule has 0 spiro atoms. The molecule has 2 amide bonds. The number of anilines is 1. The summed E-state index contributed by atoms with van der Waals surface area (Å²) < 4.78 is 43.8. The van der Waals surface area contributed by atoms with Crippen molar-refractivity contribution in [1.82, 2.24) is 5.43 Å². The van der Waals surface area contributed by atoms with Crippen molar-refractivity contribution < 1.29 is 27.5 Å². The third-order valence-corrected chi connectivity index (χ3v) is 4.16. The number of halogens is 3. The minimum absolute atomic E-state index is 0.157. The van der Waals surface area contributed by atoms with Gasteiger partial charge >= 0.3 is 18.0 Å². The van der Waals surface area contributed by atoms with Gasteiger partial charge in [0.1, 0.15) is 12.4 Å². The van der Waals surface area contributed by atoms with Gasteiger partial charge < -0.3 is 10.1 Å². The van der Waals surface area contributed by atoms with E-state index in [4.69, 9.17) is 4.74 Å². The minimum atomic E-state index is -4.56. The summed E-state index contributed by atoms with van der Waals surface area (Å²) in [5, 5.41) is 5.77. The molecular formula is C23H18F3N3O3. The normalized spacial score (nSPS) is 11.2. The summed E-state index contributed by atoms with van der Waals surface area (Å²) in [6.45, 7) is 0.422. The van der Waals surface area contributed by atoms with E-state index in [1.807, 2.05) is 35.8 Å². The predicted octanol–water partition coefficient (Wildman–Crippen LogP) is 4.37. The summed E-state index contributed by atoms with van der Waals surface area (Å²) in [6.07, 6.45) is -3.24. The second-order valence-corrected chi connectivity index (χ2v) is 6.58. The van der Waals surface area contributed by atoms with Crippen molar-refractivity contribution in [3.63, 3.8) is 0 Å². The van der Waals surface area contributed by atoms with Crippen molar-refractivity contribution in [3.8, 4) is 5.75 Å². The largest absolute Gasteiger partial charge is 0.489 e. The van der Waals surface area contributed by atoms with E-state index in [9.17, 15) is 22.8 Å². The Hall–Kier alpha value is -4.14. The Balaban J connectivity index is 1.48. The third-order valence-electron chi connectivity index (χ3n) is 4.16. The van der Waals surface area contributed by atoms with Crippen LogP contribution in [0.25, 0.3) is 0 Å². The second kappa shape index (κ2) is 10.3. The van der Waals surface area contributed by atoms with Crippen LogP contribution in [0.15, 0.2) is 84.0 Å². The van der Waals surface area contributed by atoms with Crippen LogP contribution in [0.1, 0.15) is 16.7 Å². The van der Waals surface area contributed by atoms with Gasteiger partial charge in [-0.1, -0.05) is 36.4 Å². The summed E-state index contributed by atoms with van der Waals surface area (Å²) in [5.41, 5.74) is 2.59. The number of benzene rings is 3. The van der Waals surface area contributed by atoms with Gasteiger partial charge in [0.05, 0.1) is 11.8 Å². The number of hydrogen-bond acceptors (Lipinski definition) is 4. The fraction of sp³-hybridized carbons (Fsp3) is 0.0870. The first-order valence-electron chi connectivity index (χ1n) is 9.40. The molecule has 164 valence electrons. The molecule has 0 saturated heterocycles. The molecule has 3 aromatic carbocycles. The van der Waals surface area contributed by atoms with Crippen LogP contribution in [0.2, 0.25) is 0 Å². The predicted molar refractivity (Wildman–Crippen MR) is 113 cm³/mol. The molecule has 2 N–H and O–H groups in total. The van der Waals surface area contributed by atoms with Crippen molar-refractivity contribution >= 4 is 23.7 Å². The highest BCUT2D eigenvalue weighted by atomic mass is 19.4. The highest BCUT2D eigenvalue weighted by Gasteiger charge is 2.30. The van der Waals surface area contributed by atoms with Gasteiger partial charge in [-0.15, -0.1) is 0 Å². The number of rotatable bonds is 6. The number of nitrogens with zero attached hydrogens (tertiary/aromatic N) is 1. The van der Waals surface area contributed by atoms with Crippen LogP contribution in [0.3, 0.4) is 0 Å². The monoisotopic (exact) mass is 441 g/mol. The minimum Gasteiger partial charge on any atom is -0.489 e. The Morgan fingerprint density at radius 2 is 1.62 bits per heavy atom. The smallest absolute Gasteiger partial charge is 0.416 e. The van der Waals surface area contributed by atoms with E-state index in [2.05, 4.69) is 10.4 Å². The first-order chi connectivity index (χ1) is 15.3. The molecule has 0 heterocycles. The summed E-state index contributed by atoms with van der Waals surface area (Å²) in [7, 11) is 0. The number of hydrazone groups is 1. The lowest BCUT2D eigenvalue weighted by Crippen LogP contribution is -2.32. The molecule has 0 aromatic heterocycles. The van der Waals surface area contributed by atoms with E-state index in [1.54, 1.807) is 24.3 Å². The first kappa shape index (κ1) is 22.5. The van der Waals surface area contributed by atoms with Gasteiger partial charge in [-0.25, -0.2) is 5.43 Å². The molecule has 0 saturated carbocycles. The number of hydrogen-bond donors (Lipinski definition) is 2. The Kier molecular flexibility index (Phi) is 7.22. The summed E-state index contributed by atoms with van der Waals surface area (Å²) in [4.78, 5) is 23.7. The Labute approximate surface area is 181 Å². The van der Waals surface area contributed by atoms with Gasteiger partial charge in [0.2, 0.25) is 0 Å². The standard InChI is InChI=1S/C23H18F3N3O3/c24-23(25,26)18-7-4-8-19(13-18)28-21(30)22(31)29-27-14-16-9-11-20(12-10-16)32-15-17-5-2-1-3-6-17/h1-14H,15H2,(H,28,30)(H,29,31)/b27-14-. The zero-order valence-electron chi connectivity index (χ0n) is 16.6. The SMILES string of the molecule is O=C(N/N=C\c1ccc(OCc2ccccc2)cc1)C(=O)Nc1cccc(C(F)(F)F)c1. The van der Waals surface area contributed by atoms with Crippen LogP contribution in [-0.2, 0) is 22.4 Å². The summed E-state index contributed by atoms with van der Waals surface area (Å²) in [6, 6.07) is 20.5. The van der Waals surface area contributed by atoms with E-state index in [0.717, 1.165) is 23.8 Å². The molecule has 0 aliphatic carbocycles. The maximum absolute atomic E-state index is 12.7. The van der Waals surface area contributed by atoms with Crippen molar-refractivity contribution in [2.45, 2.75) is 12.8 Å². The molecule has 32 heavy (non-hydrogen) atoms. The van der Waals surface area contributed by atoms with Crippen molar-refractivity contribution in [3.05, 3.63) is 95.6 Å². The van der Waals surface area contributed by atoms with Gasteiger partial charge in [0.25, 0.3) is 0 Å². The zero-order valence-corrected chi connectivity index (χ0v) is 16.6. The van der Waals surface area contributed by atoms with Crippen LogP contribution in [0, 0.1) is 0 Å². The van der Waals surface area contributed by atoms with Crippen LogP contribution in [-0.4, -0.2) is 18.0 Å². The van der Waals surface area contributed by atoms with Crippen LogP contribution < -0.4 is 15.5 Å². The number of carbonyl (C=O) groups excluding carboxylic acids is 2. The molecule has 6 nitrogen and oxygen atoms in total. The molecule has 0 atom stereocenters. The fourth-order valence-electron chi connectivity index (χ4n) is 2.57. The number of ether oxygens (including phenoxy) is 1. The molecule has 0 bridgehead atoms. The molecule has 0 fully saturated rings. The Morgan fingerprint density at radius 1 is 0.906 bits per heavy atom. The first-order valence-corrected chi connectivity index (χ1v) is 9.40. The Morgan fingerprint density at radius 3 is 2.31 bits per heavy atom. The van der Waals surface area contributed by atoms with Crippen LogP contribution in [0.4, 0.5) is 18.9 Å². The summed E-state index contributed by atoms with van der Waals surface area (Å²) >= 11 is 0. The van der Waals surface area contributed by atoms with E-state index in [1.165, 1.54) is 12.3 Å². The van der Waals surface area contributed by atoms with Crippen LogP contribution >= 0.6 is 0 Å². The second-order valence-electron chi connectivity index (χ2n) is 6.58. The van der Waals surface area contributed by atoms with Gasteiger partial charge in [-0.3, -0.25) is 9.59 Å². The summed E-state index contributed by atoms with van der Waals surface area (Å²) in [5.74, 6) is -1.62. The van der Waals surface area contributed by atoms with Gasteiger partial charge in [-0.05, 0) is 53.6 Å². The lowest BCUT2D eigenvalue weighted by molar-refractivity contribution is -0.137. The highest BCUT2D eigenvalue weighted by molar-refractivity contribution is 6.39. The number of alkyl halides is 3. The Bertz CT molecular complexity index is 1100. The molecular weight excluding hydrogens is 423 g/mol. The van der Waals surface area contributed by atoms with E-state index in [-0.39, 0.29) is 5.69 Å². The number of carbonyl (C=O) groups is 2. The maximum atomic E-state index is 12.7. The quantitative estimate of drug-likeness (QED) is 0.339. The number of nitrogens with one attached hydrogen (secondary N) is 2. The average Bonchev–Trinajstić information content (AvgIpc) is 2.79. The van der Waals surface area contributed by atoms with Crippen molar-refractivity contribution in [2.75, 3.05) is 5.32 Å². The zero-order chi connectivity index (χ0) is 23.0. The molecule has 3 rings (SSSR count). The molecule has 0 aliphatic heterocycles. The molecule has 3 aromatic rings. The number of amides is 2. The van der Waals surface area contributed by atoms with Crippen molar-refractivity contribution in [1.29, 1.82) is 0 Å². The topological polar surface area (TPSA) is 79.8 Å². The van der Waals surface area contributed by atoms with E-state index >= 15 is 0 Å². The maximum Gasteiger partial charge on any atom is 0.416 e. The molecule has 0 radical (unpaired) electrons. The highest BCUT2D eigenvalue weighted by Crippen LogP contribution is 2.30.